The minimum atomic E-state index is -1.73. The van der Waals surface area contributed by atoms with Crippen LogP contribution in [0, 0.1) is 32.9 Å². The van der Waals surface area contributed by atoms with Crippen LogP contribution in [-0.4, -0.2) is 32.8 Å². The number of fused-ring (bicyclic) bond motifs is 4. The van der Waals surface area contributed by atoms with Crippen molar-refractivity contribution in [2.45, 2.75) is 77.6 Å². The fourth-order valence-electron chi connectivity index (χ4n) is 7.85. The van der Waals surface area contributed by atoms with Crippen LogP contribution in [-0.2, 0) is 20.1 Å². The van der Waals surface area contributed by atoms with E-state index in [2.05, 4.69) is 189 Å². The Kier molecular flexibility index (Phi) is 12.5. The van der Waals surface area contributed by atoms with E-state index in [-0.39, 0.29) is 31.9 Å². The average molecular weight is 1030 g/mol. The second kappa shape index (κ2) is 17.5. The summed E-state index contributed by atoms with van der Waals surface area (Å²) < 4.78 is 10.3. The normalized spacial score (nSPS) is 11.7. The van der Waals surface area contributed by atoms with Gasteiger partial charge in [0.15, 0.2) is 0 Å². The first-order chi connectivity index (χ1) is 28.3. The van der Waals surface area contributed by atoms with Crippen molar-refractivity contribution in [3.8, 4) is 39.5 Å². The Morgan fingerprint density at radius 2 is 1.40 bits per heavy atom. The summed E-state index contributed by atoms with van der Waals surface area (Å²) in [6, 6.07) is 45.4. The third kappa shape index (κ3) is 8.43. The van der Waals surface area contributed by atoms with E-state index in [1.807, 2.05) is 25.4 Å². The number of aromatic nitrogens is 4. The van der Waals surface area contributed by atoms with Crippen LogP contribution in [0.1, 0.15) is 67.5 Å². The molecule has 0 atom stereocenters. The maximum atomic E-state index is 6.55. The predicted octanol–water partition coefficient (Wildman–Crippen LogP) is 13.7. The van der Waals surface area contributed by atoms with Crippen LogP contribution in [0.25, 0.3) is 72.4 Å². The molecule has 0 amide bonds. The van der Waals surface area contributed by atoms with Crippen molar-refractivity contribution in [2.24, 2.45) is 0 Å². The van der Waals surface area contributed by atoms with Gasteiger partial charge >= 0.3 is 106 Å². The standard InChI is InChI=1S/C38H34N3O.C15H18GeN.Ir/c1-22(2)29-19-27(26-12-8-7-9-13-26)20-30(23(3)4)36(29)41-33-15-11-10-14-32(33)40-38(41)28-17-16-24(5)35-31-18-25(6)39-21-34(31)42-37(28)35;1-12-5-7-13(8-6-12)15-10-9-14(11-17-15)16(2,3)4;/h7-16,18-23H,1-6H3;5-7,9-11H,1-4H3;/q2*-1;. The third-order valence-corrected chi connectivity index (χ3v) is 15.4. The van der Waals surface area contributed by atoms with Crippen LogP contribution in [0.15, 0.2) is 126 Å². The number of rotatable bonds is 7. The Balaban J connectivity index is 0.000000255. The van der Waals surface area contributed by atoms with Gasteiger partial charge in [-0.3, -0.25) is 9.97 Å². The first-order valence-corrected chi connectivity index (χ1v) is 28.0. The van der Waals surface area contributed by atoms with Gasteiger partial charge in [-0.1, -0.05) is 88.0 Å². The SMILES string of the molecule is Cc1c[c-]c(-c2cc[c]([Ge]([CH3])([CH3])[CH3])cn2)cc1.Cc1cc2c(cn1)oc1c(-c3nc4ccccc4n3-c3c(C(C)C)cc(-c4ccccc4)cc3C(C)C)[c-]cc(C)c12.[Ir]. The smallest absolute Gasteiger partial charge is 0.139 e. The van der Waals surface area contributed by atoms with Crippen molar-refractivity contribution in [3.05, 3.63) is 162 Å². The molecule has 60 heavy (non-hydrogen) atoms. The maximum Gasteiger partial charge on any atom is 0.139 e. The number of pyridine rings is 2. The number of imidazole rings is 1. The number of furan rings is 1. The first kappa shape index (κ1) is 43.0. The van der Waals surface area contributed by atoms with Gasteiger partial charge in [0, 0.05) is 36.9 Å². The largest absolute Gasteiger partial charge is 0.499 e. The molecular weight excluding hydrogens is 973 g/mol. The minimum Gasteiger partial charge on any atom is -0.499 e. The van der Waals surface area contributed by atoms with Gasteiger partial charge in [-0.05, 0) is 71.3 Å². The fraction of sp³-hybridized carbons (Fsp3) is 0.226. The summed E-state index contributed by atoms with van der Waals surface area (Å²) in [6.07, 6.45) is 3.87. The molecule has 0 N–H and O–H groups in total. The van der Waals surface area contributed by atoms with Crippen LogP contribution in [0.4, 0.5) is 0 Å². The van der Waals surface area contributed by atoms with E-state index in [0.717, 1.165) is 66.9 Å². The fourth-order valence-corrected chi connectivity index (χ4v) is 10.0. The molecule has 0 aliphatic carbocycles. The molecule has 4 aromatic heterocycles. The van der Waals surface area contributed by atoms with E-state index in [0.29, 0.717) is 0 Å². The van der Waals surface area contributed by atoms with Crippen molar-refractivity contribution in [2.75, 3.05) is 0 Å². The van der Waals surface area contributed by atoms with Crippen molar-refractivity contribution in [1.29, 1.82) is 0 Å². The number of para-hydroxylation sites is 2. The molecule has 0 fully saturated rings. The van der Waals surface area contributed by atoms with E-state index in [1.165, 1.54) is 37.9 Å². The number of hydrogen-bond donors (Lipinski definition) is 0. The van der Waals surface area contributed by atoms with Gasteiger partial charge in [0.25, 0.3) is 0 Å². The zero-order valence-corrected chi connectivity index (χ0v) is 40.7. The number of benzene rings is 5. The number of nitrogens with zero attached hydrogens (tertiary/aromatic N) is 4. The van der Waals surface area contributed by atoms with Crippen molar-refractivity contribution in [3.63, 3.8) is 0 Å². The Hall–Kier alpha value is -5.14. The van der Waals surface area contributed by atoms with E-state index < -0.39 is 13.3 Å². The van der Waals surface area contributed by atoms with Gasteiger partial charge in [-0.25, -0.2) is 0 Å². The zero-order valence-electron chi connectivity index (χ0n) is 36.2. The van der Waals surface area contributed by atoms with Gasteiger partial charge in [0.1, 0.15) is 5.58 Å². The molecule has 9 aromatic rings. The molecule has 305 valence electrons. The summed E-state index contributed by atoms with van der Waals surface area (Å²) in [4.78, 5) is 14.3. The molecule has 1 radical (unpaired) electrons. The summed E-state index contributed by atoms with van der Waals surface area (Å²) >= 11 is -1.73. The van der Waals surface area contributed by atoms with Gasteiger partial charge in [0.05, 0.1) is 28.6 Å². The molecule has 5 aromatic carbocycles. The Morgan fingerprint density at radius 3 is 2.03 bits per heavy atom. The van der Waals surface area contributed by atoms with Crippen LogP contribution < -0.4 is 4.40 Å². The quantitative estimate of drug-likeness (QED) is 0.118. The number of aryl methyl sites for hydroxylation is 3. The van der Waals surface area contributed by atoms with Gasteiger partial charge in [-0.2, -0.15) is 0 Å². The van der Waals surface area contributed by atoms with Crippen LogP contribution in [0.3, 0.4) is 0 Å². The molecule has 5 nitrogen and oxygen atoms in total. The molecule has 0 saturated heterocycles. The third-order valence-electron chi connectivity index (χ3n) is 11.2. The van der Waals surface area contributed by atoms with E-state index in [1.54, 1.807) is 0 Å². The van der Waals surface area contributed by atoms with Crippen LogP contribution >= 0.6 is 0 Å². The zero-order chi connectivity index (χ0) is 41.6. The average Bonchev–Trinajstić information content (AvgIpc) is 3.80. The summed E-state index contributed by atoms with van der Waals surface area (Å²) in [5.74, 6) is 8.56. The molecule has 9 rings (SSSR count). The van der Waals surface area contributed by atoms with E-state index in [4.69, 9.17) is 9.40 Å². The molecule has 7 heteroatoms. The molecule has 0 saturated carbocycles. The molecule has 0 spiro atoms. The second-order valence-electron chi connectivity index (χ2n) is 17.4. The predicted molar refractivity (Wildman–Crippen MR) is 250 cm³/mol. The van der Waals surface area contributed by atoms with Crippen molar-refractivity contribution < 1.29 is 24.5 Å². The van der Waals surface area contributed by atoms with Crippen LogP contribution in [0.5, 0.6) is 0 Å². The summed E-state index contributed by atoms with van der Waals surface area (Å²) in [7, 11) is 0. The number of hydrogen-bond acceptors (Lipinski definition) is 4. The topological polar surface area (TPSA) is 56.7 Å². The summed E-state index contributed by atoms with van der Waals surface area (Å²) in [6.45, 7) is 15.3. The van der Waals surface area contributed by atoms with E-state index >= 15 is 0 Å². The first-order valence-electron chi connectivity index (χ1n) is 20.7. The molecule has 0 bridgehead atoms. The van der Waals surface area contributed by atoms with Crippen LogP contribution in [0.2, 0.25) is 17.3 Å². The van der Waals surface area contributed by atoms with Crippen molar-refractivity contribution >= 4 is 50.6 Å². The maximum absolute atomic E-state index is 6.55. The molecule has 0 aliphatic rings. The van der Waals surface area contributed by atoms with Gasteiger partial charge in [-0.15, -0.1) is 17.7 Å². The Bertz CT molecular complexity index is 2910. The molecule has 4 heterocycles. The monoisotopic (exact) mass is 1030 g/mol. The molecular formula is C53H52GeIrN4O-2. The minimum absolute atomic E-state index is 0. The van der Waals surface area contributed by atoms with Crippen molar-refractivity contribution in [1.82, 2.24) is 19.5 Å². The molecule has 0 aliphatic heterocycles. The second-order valence-corrected chi connectivity index (χ2v) is 28.0. The Morgan fingerprint density at radius 1 is 0.700 bits per heavy atom. The molecule has 0 unspecified atom stereocenters. The van der Waals surface area contributed by atoms with Gasteiger partial charge in [0.2, 0.25) is 0 Å². The Labute approximate surface area is 371 Å². The van der Waals surface area contributed by atoms with Gasteiger partial charge < -0.3 is 8.98 Å². The summed E-state index contributed by atoms with van der Waals surface area (Å²) in [5.41, 5.74) is 16.1. The summed E-state index contributed by atoms with van der Waals surface area (Å²) in [5, 5.41) is 2.17. The van der Waals surface area contributed by atoms with E-state index in [9.17, 15) is 0 Å².